The van der Waals surface area contributed by atoms with E-state index in [1.165, 1.54) is 4.31 Å². The summed E-state index contributed by atoms with van der Waals surface area (Å²) in [5.74, 6) is -0.821. The van der Waals surface area contributed by atoms with Gasteiger partial charge in [0.2, 0.25) is 21.8 Å². The van der Waals surface area contributed by atoms with Crippen molar-refractivity contribution in [1.29, 1.82) is 0 Å². The van der Waals surface area contributed by atoms with Crippen LogP contribution in [0.25, 0.3) is 0 Å². The van der Waals surface area contributed by atoms with Gasteiger partial charge in [0.25, 0.3) is 0 Å². The Morgan fingerprint density at radius 2 is 1.66 bits per heavy atom. The molecule has 0 spiro atoms. The summed E-state index contributed by atoms with van der Waals surface area (Å²) in [6.07, 6.45) is 1.40. The third kappa shape index (κ3) is 5.65. The molecule has 2 amide bonds. The number of hydrogen-bond acceptors (Lipinski definition) is 4. The highest BCUT2D eigenvalue weighted by Crippen LogP contribution is 2.23. The first kappa shape index (κ1) is 21.0. The Labute approximate surface area is 171 Å². The lowest BCUT2D eigenvalue weighted by atomic mass is 9.99. The number of nitrogens with one attached hydrogen (secondary N) is 2. The molecule has 29 heavy (non-hydrogen) atoms. The molecule has 2 N–H and O–H groups in total. The topological polar surface area (TPSA) is 95.6 Å². The SMILES string of the molecule is O=C(CCNC(=O)[C@@H]1CCCN(S(=O)(=O)c2ccccc2)C1)Nc1ccccc1. The zero-order valence-electron chi connectivity index (χ0n) is 16.1. The predicted octanol–water partition coefficient (Wildman–Crippen LogP) is 2.23. The lowest BCUT2D eigenvalue weighted by molar-refractivity contribution is -0.126. The van der Waals surface area contributed by atoms with Crippen LogP contribution in [0.3, 0.4) is 0 Å². The molecule has 0 saturated carbocycles. The average molecular weight is 416 g/mol. The van der Waals surface area contributed by atoms with Gasteiger partial charge >= 0.3 is 0 Å². The van der Waals surface area contributed by atoms with Crippen molar-refractivity contribution in [1.82, 2.24) is 9.62 Å². The normalized spacial score (nSPS) is 17.4. The average Bonchev–Trinajstić information content (AvgIpc) is 2.75. The summed E-state index contributed by atoms with van der Waals surface area (Å²) in [6.45, 7) is 0.763. The molecule has 8 heteroatoms. The van der Waals surface area contributed by atoms with Gasteiger partial charge in [-0.15, -0.1) is 0 Å². The van der Waals surface area contributed by atoms with E-state index >= 15 is 0 Å². The van der Waals surface area contributed by atoms with E-state index < -0.39 is 15.9 Å². The standard InChI is InChI=1S/C21H25N3O4S/c25-20(23-18-9-3-1-4-10-18)13-14-22-21(26)17-8-7-15-24(16-17)29(27,28)19-11-5-2-6-12-19/h1-6,9-12,17H,7-8,13-16H2,(H,22,26)(H,23,25)/t17-/m1/s1. The second-order valence-electron chi connectivity index (χ2n) is 6.97. The number of piperidine rings is 1. The first-order chi connectivity index (χ1) is 14.0. The predicted molar refractivity (Wildman–Crippen MR) is 111 cm³/mol. The number of benzene rings is 2. The van der Waals surface area contributed by atoms with Crippen LogP contribution in [0.4, 0.5) is 5.69 Å². The fourth-order valence-corrected chi connectivity index (χ4v) is 4.85. The second kappa shape index (κ2) is 9.67. The highest BCUT2D eigenvalue weighted by Gasteiger charge is 2.33. The molecule has 1 heterocycles. The lowest BCUT2D eigenvalue weighted by Gasteiger charge is -2.31. The van der Waals surface area contributed by atoms with Crippen molar-refractivity contribution < 1.29 is 18.0 Å². The van der Waals surface area contributed by atoms with E-state index in [2.05, 4.69) is 10.6 Å². The molecular weight excluding hydrogens is 390 g/mol. The van der Waals surface area contributed by atoms with Crippen LogP contribution in [0.15, 0.2) is 65.6 Å². The summed E-state index contributed by atoms with van der Waals surface area (Å²) in [6, 6.07) is 17.4. The number of carbonyl (C=O) groups is 2. The van der Waals surface area contributed by atoms with E-state index in [-0.39, 0.29) is 36.2 Å². The minimum Gasteiger partial charge on any atom is -0.355 e. The largest absolute Gasteiger partial charge is 0.355 e. The number of carbonyl (C=O) groups excluding carboxylic acids is 2. The van der Waals surface area contributed by atoms with Crippen molar-refractivity contribution in [2.45, 2.75) is 24.2 Å². The van der Waals surface area contributed by atoms with Crippen molar-refractivity contribution in [3.8, 4) is 0 Å². The first-order valence-corrected chi connectivity index (χ1v) is 11.1. The van der Waals surface area contributed by atoms with Crippen LogP contribution >= 0.6 is 0 Å². The highest BCUT2D eigenvalue weighted by molar-refractivity contribution is 7.89. The van der Waals surface area contributed by atoms with Gasteiger partial charge in [-0.1, -0.05) is 36.4 Å². The maximum Gasteiger partial charge on any atom is 0.243 e. The molecule has 3 rings (SSSR count). The number of rotatable bonds is 7. The number of para-hydroxylation sites is 1. The molecule has 2 aromatic carbocycles. The van der Waals surface area contributed by atoms with Gasteiger partial charge in [-0.2, -0.15) is 4.31 Å². The molecule has 0 aliphatic carbocycles. The van der Waals surface area contributed by atoms with Gasteiger partial charge < -0.3 is 10.6 Å². The van der Waals surface area contributed by atoms with Crippen LogP contribution in [0.1, 0.15) is 19.3 Å². The zero-order valence-corrected chi connectivity index (χ0v) is 16.9. The number of anilines is 1. The zero-order chi connectivity index (χ0) is 20.7. The Morgan fingerprint density at radius 3 is 2.34 bits per heavy atom. The Hall–Kier alpha value is -2.71. The Kier molecular flexibility index (Phi) is 7.00. The van der Waals surface area contributed by atoms with Crippen molar-refractivity contribution >= 4 is 27.5 Å². The fourth-order valence-electron chi connectivity index (χ4n) is 3.30. The molecule has 2 aromatic rings. The van der Waals surface area contributed by atoms with Gasteiger partial charge in [-0.3, -0.25) is 9.59 Å². The third-order valence-corrected chi connectivity index (χ3v) is 6.72. The molecule has 1 fully saturated rings. The minimum absolute atomic E-state index is 0.152. The molecule has 1 aliphatic rings. The molecule has 154 valence electrons. The van der Waals surface area contributed by atoms with Crippen LogP contribution < -0.4 is 10.6 Å². The summed E-state index contributed by atoms with van der Waals surface area (Å²) in [4.78, 5) is 24.7. The van der Waals surface area contributed by atoms with Gasteiger partial charge in [-0.25, -0.2) is 8.42 Å². The van der Waals surface area contributed by atoms with E-state index in [1.54, 1.807) is 42.5 Å². The first-order valence-electron chi connectivity index (χ1n) is 9.64. The summed E-state index contributed by atoms with van der Waals surface area (Å²) in [5, 5.41) is 5.52. The highest BCUT2D eigenvalue weighted by atomic mass is 32.2. The van der Waals surface area contributed by atoms with Gasteiger partial charge in [0.15, 0.2) is 0 Å². The Balaban J connectivity index is 1.49. The summed E-state index contributed by atoms with van der Waals surface area (Å²) >= 11 is 0. The van der Waals surface area contributed by atoms with Crippen LogP contribution in [0, 0.1) is 5.92 Å². The molecule has 1 aliphatic heterocycles. The van der Waals surface area contributed by atoms with Gasteiger partial charge in [0, 0.05) is 31.7 Å². The quantitative estimate of drug-likeness (QED) is 0.725. The second-order valence-corrected chi connectivity index (χ2v) is 8.91. The van der Waals surface area contributed by atoms with E-state index in [1.807, 2.05) is 18.2 Å². The molecule has 7 nitrogen and oxygen atoms in total. The monoisotopic (exact) mass is 415 g/mol. The van der Waals surface area contributed by atoms with Crippen LogP contribution in [0.2, 0.25) is 0 Å². The van der Waals surface area contributed by atoms with E-state index in [4.69, 9.17) is 0 Å². The van der Waals surface area contributed by atoms with E-state index in [9.17, 15) is 18.0 Å². The molecule has 0 bridgehead atoms. The number of nitrogens with zero attached hydrogens (tertiary/aromatic N) is 1. The number of amides is 2. The summed E-state index contributed by atoms with van der Waals surface area (Å²) < 4.78 is 26.9. The molecule has 1 atom stereocenters. The van der Waals surface area contributed by atoms with Gasteiger partial charge in [0.05, 0.1) is 10.8 Å². The van der Waals surface area contributed by atoms with Crippen molar-refractivity contribution in [2.75, 3.05) is 25.0 Å². The van der Waals surface area contributed by atoms with E-state index in [0.29, 0.717) is 25.1 Å². The maximum atomic E-state index is 12.8. The van der Waals surface area contributed by atoms with Crippen LogP contribution in [-0.4, -0.2) is 44.2 Å². The van der Waals surface area contributed by atoms with Crippen molar-refractivity contribution in [3.63, 3.8) is 0 Å². The van der Waals surface area contributed by atoms with Crippen molar-refractivity contribution in [2.24, 2.45) is 5.92 Å². The van der Waals surface area contributed by atoms with E-state index in [0.717, 1.165) is 0 Å². The lowest BCUT2D eigenvalue weighted by Crippen LogP contribution is -2.45. The Morgan fingerprint density at radius 1 is 1.00 bits per heavy atom. The molecule has 1 saturated heterocycles. The molecular formula is C21H25N3O4S. The van der Waals surface area contributed by atoms with Gasteiger partial charge in [0.1, 0.15) is 0 Å². The fraction of sp³-hybridized carbons (Fsp3) is 0.333. The summed E-state index contributed by atoms with van der Waals surface area (Å²) in [5.41, 5.74) is 0.706. The van der Waals surface area contributed by atoms with Crippen molar-refractivity contribution in [3.05, 3.63) is 60.7 Å². The van der Waals surface area contributed by atoms with Crippen LogP contribution in [0.5, 0.6) is 0 Å². The summed E-state index contributed by atoms with van der Waals surface area (Å²) in [7, 11) is -3.61. The van der Waals surface area contributed by atoms with Gasteiger partial charge in [-0.05, 0) is 37.1 Å². The third-order valence-electron chi connectivity index (χ3n) is 4.84. The van der Waals surface area contributed by atoms with Crippen LogP contribution in [-0.2, 0) is 19.6 Å². The maximum absolute atomic E-state index is 12.8. The number of sulfonamides is 1. The molecule has 0 aromatic heterocycles. The number of hydrogen-bond donors (Lipinski definition) is 2. The molecule has 0 unspecified atom stereocenters. The molecule has 0 radical (unpaired) electrons. The smallest absolute Gasteiger partial charge is 0.243 e. The minimum atomic E-state index is -3.61. The Bertz CT molecular complexity index is 933.